The van der Waals surface area contributed by atoms with Gasteiger partial charge in [-0.3, -0.25) is 4.79 Å². The molecule has 0 radical (unpaired) electrons. The lowest BCUT2D eigenvalue weighted by molar-refractivity contribution is -0.881. The average molecular weight is 586 g/mol. The molecule has 0 aromatic heterocycles. The maximum Gasteiger partial charge on any atom is 0.309 e. The van der Waals surface area contributed by atoms with Gasteiger partial charge in [-0.2, -0.15) is 4.58 Å². The third-order valence-electron chi connectivity index (χ3n) is 9.11. The zero-order valence-corrected chi connectivity index (χ0v) is 26.8. The van der Waals surface area contributed by atoms with E-state index in [1.165, 1.54) is 22.5 Å². The number of anilines is 1. The van der Waals surface area contributed by atoms with Crippen LogP contribution >= 0.6 is 11.6 Å². The number of para-hydroxylation sites is 2. The summed E-state index contributed by atoms with van der Waals surface area (Å²) >= 11 is 7.18. The summed E-state index contributed by atoms with van der Waals surface area (Å²) in [6.45, 7) is 14.2. The summed E-state index contributed by atoms with van der Waals surface area (Å²) in [6, 6.07) is 17.0. The second kappa shape index (κ2) is 11.0. The van der Waals surface area contributed by atoms with Gasteiger partial charge in [0.2, 0.25) is 5.69 Å². The Hall–Kier alpha value is -3.41. The van der Waals surface area contributed by atoms with Gasteiger partial charge in [-0.15, -0.1) is 0 Å². The van der Waals surface area contributed by atoms with Gasteiger partial charge < -0.3 is 14.5 Å². The number of allylic oxidation sites excluding steroid dienone is 4. The smallest absolute Gasteiger partial charge is 0.309 e. The molecule has 0 spiro atoms. The number of carboxylic acid groups (broad SMARTS) is 1. The fourth-order valence-corrected chi connectivity index (χ4v) is 7.25. The molecule has 3 heterocycles. The van der Waals surface area contributed by atoms with Crippen LogP contribution in [0, 0.1) is 0 Å². The molecule has 0 amide bonds. The van der Waals surface area contributed by atoms with E-state index >= 15 is 0 Å². The molecule has 6 heteroatoms. The summed E-state index contributed by atoms with van der Waals surface area (Å²) in [5.41, 5.74) is 9.17. The molecule has 5 rings (SSSR count). The molecule has 2 aromatic rings. The second-order valence-corrected chi connectivity index (χ2v) is 13.8. The van der Waals surface area contributed by atoms with Gasteiger partial charge in [-0.1, -0.05) is 67.9 Å². The fourth-order valence-electron chi connectivity index (χ4n) is 7.00. The second-order valence-electron chi connectivity index (χ2n) is 13.4. The Kier molecular flexibility index (Phi) is 7.88. The summed E-state index contributed by atoms with van der Waals surface area (Å²) in [7, 11) is 4.49. The normalized spacial score (nSPS) is 22.4. The van der Waals surface area contributed by atoms with E-state index in [-0.39, 0.29) is 17.3 Å². The number of hydrogen-bond acceptors (Lipinski definition) is 2. The van der Waals surface area contributed by atoms with E-state index in [0.717, 1.165) is 51.7 Å². The molecule has 0 aliphatic carbocycles. The largest absolute Gasteiger partial charge is 0.481 e. The zero-order chi connectivity index (χ0) is 30.4. The number of likely N-dealkylation sites (N-methyl/N-ethyl adjacent to an activating group) is 2. The van der Waals surface area contributed by atoms with Crippen molar-refractivity contribution in [2.24, 2.45) is 0 Å². The van der Waals surface area contributed by atoms with E-state index in [1.54, 1.807) is 0 Å². The van der Waals surface area contributed by atoms with Gasteiger partial charge in [-0.05, 0) is 44.6 Å². The number of rotatable bonds is 7. The summed E-state index contributed by atoms with van der Waals surface area (Å²) in [6.07, 6.45) is 8.89. The first-order chi connectivity index (χ1) is 19.8. The molecule has 220 valence electrons. The third kappa shape index (κ3) is 5.29. The lowest BCUT2D eigenvalue weighted by atomic mass is 9.81. The Labute approximate surface area is 256 Å². The van der Waals surface area contributed by atoms with Crippen LogP contribution in [0.4, 0.5) is 11.4 Å². The van der Waals surface area contributed by atoms with E-state index in [9.17, 15) is 9.90 Å². The van der Waals surface area contributed by atoms with E-state index in [0.29, 0.717) is 6.54 Å². The van der Waals surface area contributed by atoms with Gasteiger partial charge in [0.1, 0.15) is 19.5 Å². The molecule has 0 fully saturated rings. The molecular formula is C36H44ClN3O2+2. The van der Waals surface area contributed by atoms with Crippen LogP contribution in [-0.4, -0.2) is 66.1 Å². The Morgan fingerprint density at radius 3 is 2.33 bits per heavy atom. The molecule has 0 unspecified atom stereocenters. The Balaban J connectivity index is 1.55. The number of fused-ring (bicyclic) bond motifs is 2. The van der Waals surface area contributed by atoms with Gasteiger partial charge in [0, 0.05) is 52.2 Å². The highest BCUT2D eigenvalue weighted by Gasteiger charge is 2.44. The maximum absolute atomic E-state index is 11.5. The number of nitrogens with zero attached hydrogens (tertiary/aromatic N) is 3. The summed E-state index contributed by atoms with van der Waals surface area (Å²) in [5.74, 6) is -0.795. The van der Waals surface area contributed by atoms with Crippen LogP contribution in [0.1, 0.15) is 52.2 Å². The lowest BCUT2D eigenvalue weighted by Gasteiger charge is -2.35. The molecule has 42 heavy (non-hydrogen) atoms. The molecule has 5 nitrogen and oxygen atoms in total. The summed E-state index contributed by atoms with van der Waals surface area (Å²) in [4.78, 5) is 13.9. The highest BCUT2D eigenvalue weighted by atomic mass is 35.5. The van der Waals surface area contributed by atoms with E-state index in [4.69, 9.17) is 11.6 Å². The van der Waals surface area contributed by atoms with Crippen molar-refractivity contribution in [3.8, 4) is 0 Å². The third-order valence-corrected chi connectivity index (χ3v) is 9.60. The number of halogens is 1. The number of aliphatic carboxylic acids is 1. The number of quaternary nitrogens is 1. The van der Waals surface area contributed by atoms with Crippen LogP contribution < -0.4 is 4.90 Å². The number of hydrogen-bond donors (Lipinski definition) is 1. The maximum atomic E-state index is 11.5. The monoisotopic (exact) mass is 585 g/mol. The van der Waals surface area contributed by atoms with Crippen LogP contribution in [0.25, 0.3) is 0 Å². The lowest BCUT2D eigenvalue weighted by Crippen LogP contribution is -2.45. The van der Waals surface area contributed by atoms with Gasteiger partial charge in [0.05, 0.1) is 24.5 Å². The van der Waals surface area contributed by atoms with Crippen LogP contribution in [0.5, 0.6) is 0 Å². The van der Waals surface area contributed by atoms with Crippen molar-refractivity contribution in [2.45, 2.75) is 51.9 Å². The van der Waals surface area contributed by atoms with Gasteiger partial charge in [-0.25, -0.2) is 0 Å². The minimum Gasteiger partial charge on any atom is -0.481 e. The standard InChI is InChI=1S/C36H43ClN3O2/c1-8-38-29-15-11-9-13-27(29)35(2,3)31(38)19-17-25-23-40(6,7)24-26(34(25)37)18-20-32-36(4,5)28-14-10-12-16-30(28)39(32)22-21-33(41)42/h9-20H,8,21-24H2,1-7H3/q+1/p+1. The molecule has 0 atom stereocenters. The van der Waals surface area contributed by atoms with Crippen LogP contribution in [0.2, 0.25) is 0 Å². The predicted molar refractivity (Wildman–Crippen MR) is 174 cm³/mol. The zero-order valence-electron chi connectivity index (χ0n) is 26.0. The van der Waals surface area contributed by atoms with Crippen molar-refractivity contribution in [2.75, 3.05) is 45.2 Å². The minimum atomic E-state index is -0.795. The SMILES string of the molecule is CCN1/C(=C/C=C2\C[N+](C)(C)CC(/C=C/C3=[N+](CCC(=O)O)c4ccccc4C3(C)C)=C2Cl)C(C)(C)c2ccccc21. The van der Waals surface area contributed by atoms with Crippen molar-refractivity contribution < 1.29 is 19.0 Å². The van der Waals surface area contributed by atoms with E-state index in [1.807, 2.05) is 6.07 Å². The Morgan fingerprint density at radius 2 is 1.64 bits per heavy atom. The Bertz CT molecular complexity index is 1590. The molecule has 1 N–H and O–H groups in total. The highest BCUT2D eigenvalue weighted by molar-refractivity contribution is 6.32. The first-order valence-electron chi connectivity index (χ1n) is 14.9. The topological polar surface area (TPSA) is 43.5 Å². The quantitative estimate of drug-likeness (QED) is 0.274. The molecule has 0 saturated carbocycles. The van der Waals surface area contributed by atoms with Crippen LogP contribution in [0.15, 0.2) is 94.7 Å². The van der Waals surface area contributed by atoms with Crippen molar-refractivity contribution in [1.82, 2.24) is 0 Å². The van der Waals surface area contributed by atoms with Crippen molar-refractivity contribution >= 4 is 34.7 Å². The molecule has 3 aliphatic rings. The molecule has 2 aromatic carbocycles. The fraction of sp³-hybridized carbons (Fsp3) is 0.389. The number of carboxylic acids is 1. The van der Waals surface area contributed by atoms with Crippen molar-refractivity contribution in [3.05, 3.63) is 106 Å². The van der Waals surface area contributed by atoms with Gasteiger partial charge >= 0.3 is 5.97 Å². The predicted octanol–water partition coefficient (Wildman–Crippen LogP) is 7.30. The molecule has 0 saturated heterocycles. The highest BCUT2D eigenvalue weighted by Crippen LogP contribution is 2.47. The van der Waals surface area contributed by atoms with Crippen LogP contribution in [-0.2, 0) is 15.6 Å². The summed E-state index contributed by atoms with van der Waals surface area (Å²) < 4.78 is 2.96. The van der Waals surface area contributed by atoms with Crippen molar-refractivity contribution in [3.63, 3.8) is 0 Å². The Morgan fingerprint density at radius 1 is 0.976 bits per heavy atom. The number of carbonyl (C=O) groups is 1. The number of benzene rings is 2. The minimum absolute atomic E-state index is 0.0751. The van der Waals surface area contributed by atoms with Gasteiger partial charge in [0.15, 0.2) is 12.3 Å². The van der Waals surface area contributed by atoms with E-state index < -0.39 is 5.97 Å². The molecule has 3 aliphatic heterocycles. The summed E-state index contributed by atoms with van der Waals surface area (Å²) in [5, 5.41) is 10.3. The molecule has 0 bridgehead atoms. The average Bonchev–Trinajstić information content (AvgIpc) is 3.29. The van der Waals surface area contributed by atoms with Crippen LogP contribution in [0.3, 0.4) is 0 Å². The van der Waals surface area contributed by atoms with Crippen molar-refractivity contribution in [1.29, 1.82) is 0 Å². The molecular weight excluding hydrogens is 542 g/mol. The van der Waals surface area contributed by atoms with Gasteiger partial charge in [0.25, 0.3) is 0 Å². The first-order valence-corrected chi connectivity index (χ1v) is 15.3. The van der Waals surface area contributed by atoms with E-state index in [2.05, 4.69) is 125 Å². The first kappa shape index (κ1) is 30.1.